The van der Waals surface area contributed by atoms with Crippen molar-refractivity contribution in [3.05, 3.63) is 0 Å². The Labute approximate surface area is 108 Å². The summed E-state index contributed by atoms with van der Waals surface area (Å²) in [5.41, 5.74) is -4.23. The number of likely N-dealkylation sites (tertiary alicyclic amines) is 1. The molecular weight excluding hydrogens is 269 g/mol. The zero-order chi connectivity index (χ0) is 13.6. The predicted octanol–water partition coefficient (Wildman–Crippen LogP) is 2.06. The average Bonchev–Trinajstić information content (AvgIpc) is 2.33. The maximum Gasteiger partial charge on any atom is 0.441 e. The van der Waals surface area contributed by atoms with E-state index in [1.54, 1.807) is 12.0 Å². The number of alkyl halides is 3. The highest BCUT2D eigenvalue weighted by Crippen LogP contribution is 2.29. The molecule has 1 N–H and O–H groups in total. The Bertz CT molecular complexity index is 268. The van der Waals surface area contributed by atoms with E-state index < -0.39 is 5.51 Å². The Hall–Kier alpha value is -0.630. The van der Waals surface area contributed by atoms with E-state index in [0.717, 1.165) is 12.8 Å². The van der Waals surface area contributed by atoms with Crippen LogP contribution < -0.4 is 5.32 Å². The molecule has 0 aliphatic carbocycles. The number of rotatable bonds is 4. The van der Waals surface area contributed by atoms with Gasteiger partial charge in [0.15, 0.2) is 0 Å². The molecule has 1 fully saturated rings. The fourth-order valence-corrected chi connectivity index (χ4v) is 2.17. The first-order valence-corrected chi connectivity index (χ1v) is 6.67. The number of methoxy groups -OCH3 is 1. The van der Waals surface area contributed by atoms with E-state index in [2.05, 4.69) is 5.32 Å². The molecule has 1 aliphatic rings. The second-order valence-electron chi connectivity index (χ2n) is 3.95. The number of thioether (sulfide) groups is 1. The molecule has 0 aromatic rings. The van der Waals surface area contributed by atoms with Gasteiger partial charge in [-0.3, -0.25) is 0 Å². The molecule has 4 nitrogen and oxygen atoms in total. The van der Waals surface area contributed by atoms with Crippen LogP contribution >= 0.6 is 11.8 Å². The molecule has 1 rings (SSSR count). The second kappa shape index (κ2) is 7.08. The molecule has 1 saturated heterocycles. The number of carbonyl (C=O) groups excluding carboxylic acids is 1. The molecule has 0 aromatic carbocycles. The van der Waals surface area contributed by atoms with Gasteiger partial charge in [0.05, 0.1) is 6.10 Å². The highest BCUT2D eigenvalue weighted by atomic mass is 32.2. The van der Waals surface area contributed by atoms with Gasteiger partial charge in [-0.1, -0.05) is 0 Å². The molecule has 106 valence electrons. The number of ether oxygens (including phenoxy) is 1. The normalized spacial score (nSPS) is 17.9. The SMILES string of the molecule is COC1CCN(C(=O)NCCSC(F)(F)F)CC1. The van der Waals surface area contributed by atoms with Crippen molar-refractivity contribution < 1.29 is 22.7 Å². The van der Waals surface area contributed by atoms with Gasteiger partial charge in [0.1, 0.15) is 0 Å². The van der Waals surface area contributed by atoms with E-state index in [9.17, 15) is 18.0 Å². The zero-order valence-electron chi connectivity index (χ0n) is 10.1. The third-order valence-corrected chi connectivity index (χ3v) is 3.44. The minimum absolute atomic E-state index is 0.0210. The number of urea groups is 1. The first-order valence-electron chi connectivity index (χ1n) is 5.68. The number of amides is 2. The van der Waals surface area contributed by atoms with Crippen molar-refractivity contribution >= 4 is 17.8 Å². The molecule has 0 unspecified atom stereocenters. The summed E-state index contributed by atoms with van der Waals surface area (Å²) in [6, 6.07) is -0.299. The van der Waals surface area contributed by atoms with Crippen molar-refractivity contribution in [3.63, 3.8) is 0 Å². The molecule has 0 spiro atoms. The molecule has 0 radical (unpaired) electrons. The Morgan fingerprint density at radius 3 is 2.56 bits per heavy atom. The molecule has 1 heterocycles. The monoisotopic (exact) mass is 286 g/mol. The smallest absolute Gasteiger partial charge is 0.381 e. The highest BCUT2D eigenvalue weighted by Gasteiger charge is 2.28. The number of hydrogen-bond acceptors (Lipinski definition) is 3. The molecule has 8 heteroatoms. The quantitative estimate of drug-likeness (QED) is 0.804. The Balaban J connectivity index is 2.14. The predicted molar refractivity (Wildman–Crippen MR) is 63.5 cm³/mol. The van der Waals surface area contributed by atoms with Crippen molar-refractivity contribution in [1.29, 1.82) is 0 Å². The van der Waals surface area contributed by atoms with Crippen molar-refractivity contribution in [2.45, 2.75) is 24.5 Å². The summed E-state index contributed by atoms with van der Waals surface area (Å²) in [7, 11) is 1.63. The van der Waals surface area contributed by atoms with Crippen LogP contribution in [0.1, 0.15) is 12.8 Å². The largest absolute Gasteiger partial charge is 0.441 e. The van der Waals surface area contributed by atoms with Crippen molar-refractivity contribution in [2.75, 3.05) is 32.5 Å². The summed E-state index contributed by atoms with van der Waals surface area (Å²) in [5.74, 6) is -0.163. The van der Waals surface area contributed by atoms with Crippen LogP contribution in [0.2, 0.25) is 0 Å². The van der Waals surface area contributed by atoms with Gasteiger partial charge in [-0.2, -0.15) is 13.2 Å². The molecule has 0 aromatic heterocycles. The van der Waals surface area contributed by atoms with Crippen LogP contribution in [-0.4, -0.2) is 55.0 Å². The van der Waals surface area contributed by atoms with Crippen molar-refractivity contribution in [2.24, 2.45) is 0 Å². The number of halogens is 3. The third kappa shape index (κ3) is 5.81. The minimum atomic E-state index is -4.23. The molecular formula is C10H17F3N2O2S. The average molecular weight is 286 g/mol. The van der Waals surface area contributed by atoms with Gasteiger partial charge in [-0.15, -0.1) is 0 Å². The van der Waals surface area contributed by atoms with Gasteiger partial charge >= 0.3 is 11.5 Å². The number of piperidine rings is 1. The van der Waals surface area contributed by atoms with Gasteiger partial charge in [-0.05, 0) is 24.6 Å². The van der Waals surface area contributed by atoms with Gasteiger partial charge in [0.2, 0.25) is 0 Å². The lowest BCUT2D eigenvalue weighted by atomic mass is 10.1. The zero-order valence-corrected chi connectivity index (χ0v) is 10.9. The van der Waals surface area contributed by atoms with Crippen molar-refractivity contribution in [1.82, 2.24) is 10.2 Å². The van der Waals surface area contributed by atoms with Crippen LogP contribution in [0.15, 0.2) is 0 Å². The van der Waals surface area contributed by atoms with Gasteiger partial charge in [0.25, 0.3) is 0 Å². The second-order valence-corrected chi connectivity index (χ2v) is 5.11. The molecule has 2 amide bonds. The maximum atomic E-state index is 11.8. The topological polar surface area (TPSA) is 41.6 Å². The van der Waals surface area contributed by atoms with E-state index in [4.69, 9.17) is 4.74 Å². The van der Waals surface area contributed by atoms with Crippen LogP contribution in [0.5, 0.6) is 0 Å². The Morgan fingerprint density at radius 1 is 1.44 bits per heavy atom. The molecule has 0 saturated carbocycles. The van der Waals surface area contributed by atoms with Gasteiger partial charge < -0.3 is 15.0 Å². The van der Waals surface area contributed by atoms with Crippen LogP contribution in [0.25, 0.3) is 0 Å². The lowest BCUT2D eigenvalue weighted by Gasteiger charge is -2.31. The van der Waals surface area contributed by atoms with E-state index in [1.807, 2.05) is 0 Å². The van der Waals surface area contributed by atoms with E-state index in [0.29, 0.717) is 13.1 Å². The fourth-order valence-electron chi connectivity index (χ4n) is 1.73. The van der Waals surface area contributed by atoms with E-state index in [1.165, 1.54) is 0 Å². The van der Waals surface area contributed by atoms with E-state index >= 15 is 0 Å². The number of nitrogens with zero attached hydrogens (tertiary/aromatic N) is 1. The fraction of sp³-hybridized carbons (Fsp3) is 0.900. The van der Waals surface area contributed by atoms with E-state index in [-0.39, 0.29) is 36.2 Å². The molecule has 1 aliphatic heterocycles. The number of nitrogens with one attached hydrogen (secondary N) is 1. The maximum absolute atomic E-state index is 11.8. The first-order chi connectivity index (χ1) is 8.42. The summed E-state index contributed by atoms with van der Waals surface area (Å²) >= 11 is -0.127. The lowest BCUT2D eigenvalue weighted by molar-refractivity contribution is -0.0327. The van der Waals surface area contributed by atoms with Gasteiger partial charge in [-0.25, -0.2) is 4.79 Å². The van der Waals surface area contributed by atoms with Crippen LogP contribution in [-0.2, 0) is 4.74 Å². The van der Waals surface area contributed by atoms with Crippen LogP contribution in [0, 0.1) is 0 Å². The lowest BCUT2D eigenvalue weighted by Crippen LogP contribution is -2.46. The summed E-state index contributed by atoms with van der Waals surface area (Å²) in [6.07, 6.45) is 1.71. The Morgan fingerprint density at radius 2 is 2.06 bits per heavy atom. The number of carbonyl (C=O) groups is 1. The third-order valence-electron chi connectivity index (χ3n) is 2.71. The first kappa shape index (κ1) is 15.4. The summed E-state index contributed by atoms with van der Waals surface area (Å²) in [4.78, 5) is 13.2. The molecule has 18 heavy (non-hydrogen) atoms. The molecule has 0 bridgehead atoms. The highest BCUT2D eigenvalue weighted by molar-refractivity contribution is 8.00. The summed E-state index contributed by atoms with van der Waals surface area (Å²) in [5, 5.41) is 2.48. The van der Waals surface area contributed by atoms with Crippen LogP contribution in [0.3, 0.4) is 0 Å². The summed E-state index contributed by atoms with van der Waals surface area (Å²) < 4.78 is 40.7. The number of hydrogen-bond donors (Lipinski definition) is 1. The Kier molecular flexibility index (Phi) is 6.07. The van der Waals surface area contributed by atoms with Crippen molar-refractivity contribution in [3.8, 4) is 0 Å². The summed E-state index contributed by atoms with van der Waals surface area (Å²) in [6.45, 7) is 1.18. The van der Waals surface area contributed by atoms with Gasteiger partial charge in [0, 0.05) is 32.5 Å². The minimum Gasteiger partial charge on any atom is -0.381 e. The van der Waals surface area contributed by atoms with Crippen LogP contribution in [0.4, 0.5) is 18.0 Å². The molecule has 0 atom stereocenters. The standard InChI is InChI=1S/C10H17F3N2O2S/c1-17-8-2-5-15(6-3-8)9(16)14-4-7-18-10(11,12)13/h8H,2-7H2,1H3,(H,14,16).